The molecule has 0 spiro atoms. The molecule has 0 radical (unpaired) electrons. The van der Waals surface area contributed by atoms with E-state index in [-0.39, 0.29) is 6.04 Å². The number of nitrogens with one attached hydrogen (secondary N) is 1. The number of H-pyrrole nitrogens is 1. The lowest BCUT2D eigenvalue weighted by Crippen LogP contribution is -2.45. The van der Waals surface area contributed by atoms with Crippen molar-refractivity contribution in [1.29, 1.82) is 5.26 Å². The summed E-state index contributed by atoms with van der Waals surface area (Å²) in [4.78, 5) is 9.50. The van der Waals surface area contributed by atoms with E-state index in [0.717, 1.165) is 29.0 Å². The number of nitriles is 1. The molecule has 2 fully saturated rings. The number of benzene rings is 1. The molecule has 5 heterocycles. The van der Waals surface area contributed by atoms with Crippen molar-refractivity contribution in [3.8, 4) is 11.9 Å². The van der Waals surface area contributed by atoms with E-state index in [4.69, 9.17) is 15.0 Å². The predicted molar refractivity (Wildman–Crippen MR) is 135 cm³/mol. The maximum atomic E-state index is 12.0. The van der Waals surface area contributed by atoms with Gasteiger partial charge < -0.3 is 19.6 Å². The number of pyridine rings is 1. The van der Waals surface area contributed by atoms with Crippen molar-refractivity contribution in [2.45, 2.75) is 31.4 Å². The van der Waals surface area contributed by atoms with Gasteiger partial charge in [0.2, 0.25) is 0 Å². The first-order chi connectivity index (χ1) is 17.6. The zero-order valence-corrected chi connectivity index (χ0v) is 20.1. The van der Waals surface area contributed by atoms with Crippen molar-refractivity contribution in [2.24, 2.45) is 0 Å². The number of aromatic nitrogens is 5. The van der Waals surface area contributed by atoms with E-state index < -0.39 is 5.60 Å². The Morgan fingerprint density at radius 2 is 1.94 bits per heavy atom. The van der Waals surface area contributed by atoms with Crippen molar-refractivity contribution in [1.82, 2.24) is 25.0 Å². The summed E-state index contributed by atoms with van der Waals surface area (Å²) >= 11 is 0. The number of piperidine rings is 1. The summed E-state index contributed by atoms with van der Waals surface area (Å²) in [6.45, 7) is 5.53. The summed E-state index contributed by atoms with van der Waals surface area (Å²) in [6, 6.07) is 13.8. The highest BCUT2D eigenvalue weighted by Gasteiger charge is 2.37. The third-order valence-electron chi connectivity index (χ3n) is 7.35. The van der Waals surface area contributed by atoms with Crippen LogP contribution in [0.2, 0.25) is 0 Å². The van der Waals surface area contributed by atoms with E-state index in [1.54, 1.807) is 17.1 Å². The number of hydrogen-bond acceptors (Lipinski definition) is 8. The number of ether oxygens (including phenoxy) is 1. The molecule has 4 aromatic rings. The molecule has 6 rings (SSSR count). The molecule has 2 aliphatic rings. The van der Waals surface area contributed by atoms with Crippen LogP contribution in [0.4, 0.5) is 11.5 Å². The van der Waals surface area contributed by atoms with Crippen LogP contribution in [0.15, 0.2) is 48.8 Å². The van der Waals surface area contributed by atoms with Gasteiger partial charge in [0.25, 0.3) is 0 Å². The molecule has 2 aliphatic heterocycles. The van der Waals surface area contributed by atoms with Gasteiger partial charge in [-0.25, -0.2) is 4.98 Å². The number of anilines is 2. The molecule has 0 amide bonds. The Bertz CT molecular complexity index is 1400. The number of rotatable bonds is 4. The average molecular weight is 485 g/mol. The lowest BCUT2D eigenvalue weighted by Gasteiger charge is -2.40. The summed E-state index contributed by atoms with van der Waals surface area (Å²) < 4.78 is 7.37. The van der Waals surface area contributed by atoms with E-state index in [2.05, 4.69) is 38.1 Å². The highest BCUT2D eigenvalue weighted by Crippen LogP contribution is 2.40. The summed E-state index contributed by atoms with van der Waals surface area (Å²) in [7, 11) is 0. The Balaban J connectivity index is 1.38. The number of aliphatic hydroxyl groups is 1. The monoisotopic (exact) mass is 484 g/mol. The first-order valence-electron chi connectivity index (χ1n) is 12.3. The van der Waals surface area contributed by atoms with Crippen LogP contribution in [-0.4, -0.2) is 69.0 Å². The number of hydrogen-bond donors (Lipinski definition) is 2. The maximum absolute atomic E-state index is 12.0. The Hall–Kier alpha value is -3.94. The topological polar surface area (TPSA) is 119 Å². The normalized spacial score (nSPS) is 20.0. The molecular weight excluding hydrogens is 456 g/mol. The summed E-state index contributed by atoms with van der Waals surface area (Å²) in [5.41, 5.74) is 2.21. The van der Waals surface area contributed by atoms with E-state index in [9.17, 15) is 5.11 Å². The van der Waals surface area contributed by atoms with Crippen LogP contribution >= 0.6 is 0 Å². The molecule has 1 aromatic carbocycles. The van der Waals surface area contributed by atoms with E-state index in [1.807, 2.05) is 36.4 Å². The summed E-state index contributed by atoms with van der Waals surface area (Å²) in [5.74, 6) is 1.46. The second-order valence-electron chi connectivity index (χ2n) is 9.55. The molecule has 10 heteroatoms. The molecule has 0 bridgehead atoms. The van der Waals surface area contributed by atoms with Crippen LogP contribution in [-0.2, 0) is 10.3 Å². The van der Waals surface area contributed by atoms with Crippen molar-refractivity contribution in [2.75, 3.05) is 42.6 Å². The lowest BCUT2D eigenvalue weighted by molar-refractivity contribution is 0.0131. The van der Waals surface area contributed by atoms with Gasteiger partial charge in [0.05, 0.1) is 42.7 Å². The largest absolute Gasteiger partial charge is 0.385 e. The van der Waals surface area contributed by atoms with Gasteiger partial charge in [-0.2, -0.15) is 20.1 Å². The zero-order chi connectivity index (χ0) is 24.7. The van der Waals surface area contributed by atoms with Crippen molar-refractivity contribution < 1.29 is 9.84 Å². The predicted octanol–water partition coefficient (Wildman–Crippen LogP) is 2.73. The van der Waals surface area contributed by atoms with Gasteiger partial charge in [-0.05, 0) is 55.7 Å². The number of nitrogens with zero attached hydrogens (tertiary/aromatic N) is 7. The van der Waals surface area contributed by atoms with Gasteiger partial charge in [0, 0.05) is 43.0 Å². The first-order valence-corrected chi connectivity index (χ1v) is 12.3. The van der Waals surface area contributed by atoms with Crippen LogP contribution < -0.4 is 9.80 Å². The number of aromatic amines is 1. The molecule has 184 valence electrons. The number of fused-ring (bicyclic) bond motifs is 1. The molecule has 10 nitrogen and oxygen atoms in total. The molecule has 2 saturated heterocycles. The van der Waals surface area contributed by atoms with Gasteiger partial charge in [-0.3, -0.25) is 5.10 Å². The zero-order valence-electron chi connectivity index (χ0n) is 20.1. The van der Waals surface area contributed by atoms with E-state index >= 15 is 0 Å². The molecular formula is C26H28N8O2. The second-order valence-corrected chi connectivity index (χ2v) is 9.55. The number of morpholine rings is 1. The highest BCUT2D eigenvalue weighted by molar-refractivity contribution is 5.83. The van der Waals surface area contributed by atoms with Crippen LogP contribution in [0.3, 0.4) is 0 Å². The Morgan fingerprint density at radius 1 is 1.14 bits per heavy atom. The van der Waals surface area contributed by atoms with Crippen molar-refractivity contribution >= 4 is 22.5 Å². The highest BCUT2D eigenvalue weighted by atomic mass is 16.5. The van der Waals surface area contributed by atoms with Crippen LogP contribution in [0.5, 0.6) is 0 Å². The maximum Gasteiger partial charge on any atom is 0.177 e. The van der Waals surface area contributed by atoms with Gasteiger partial charge in [-0.1, -0.05) is 0 Å². The van der Waals surface area contributed by atoms with Crippen LogP contribution in [0, 0.1) is 11.3 Å². The third kappa shape index (κ3) is 3.86. The molecule has 3 aromatic heterocycles. The Morgan fingerprint density at radius 3 is 2.64 bits per heavy atom. The molecule has 0 unspecified atom stereocenters. The molecule has 36 heavy (non-hydrogen) atoms. The average Bonchev–Trinajstić information content (AvgIpc) is 3.59. The first kappa shape index (κ1) is 22.5. The molecule has 0 saturated carbocycles. The minimum absolute atomic E-state index is 0.172. The Kier molecular flexibility index (Phi) is 5.59. The van der Waals surface area contributed by atoms with Crippen LogP contribution in [0.1, 0.15) is 30.9 Å². The molecule has 1 atom stereocenters. The fourth-order valence-corrected chi connectivity index (χ4v) is 5.28. The second kappa shape index (κ2) is 8.93. The fourth-order valence-electron chi connectivity index (χ4n) is 5.28. The van der Waals surface area contributed by atoms with E-state index in [1.165, 1.54) is 0 Å². The van der Waals surface area contributed by atoms with Gasteiger partial charge >= 0.3 is 0 Å². The SMILES string of the molecule is C[C@@H]1COCCN1c1cc(C2(O)CCN(c3ccc(C#N)cc3)CC2)c2cnn(-c3cc[nH]n3)c2n1. The summed E-state index contributed by atoms with van der Waals surface area (Å²) in [6.07, 6.45) is 4.67. The lowest BCUT2D eigenvalue weighted by atomic mass is 9.83. The fraction of sp³-hybridized carbons (Fsp3) is 0.385. The van der Waals surface area contributed by atoms with E-state index in [0.29, 0.717) is 56.2 Å². The molecule has 0 aliphatic carbocycles. The summed E-state index contributed by atoms with van der Waals surface area (Å²) in [5, 5.41) is 33.7. The van der Waals surface area contributed by atoms with Gasteiger partial charge in [0.15, 0.2) is 11.5 Å². The van der Waals surface area contributed by atoms with Gasteiger partial charge in [-0.15, -0.1) is 0 Å². The van der Waals surface area contributed by atoms with Crippen molar-refractivity contribution in [3.63, 3.8) is 0 Å². The van der Waals surface area contributed by atoms with Gasteiger partial charge in [0.1, 0.15) is 5.82 Å². The quantitative estimate of drug-likeness (QED) is 0.454. The Labute approximate surface area is 208 Å². The minimum atomic E-state index is -1.02. The standard InChI is InChI=1S/C26H28N8O2/c1-18-17-36-13-12-33(18)24-14-22(21-16-29-34(25(21)30-24)23-6-9-28-31-23)26(35)7-10-32(11-8-26)20-4-2-19(15-27)3-5-20/h2-6,9,14,16,18,35H,7-8,10-13,17H2,1H3,(H,28,31)/t18-/m1/s1. The molecule has 2 N–H and O–H groups in total. The smallest absolute Gasteiger partial charge is 0.177 e. The third-order valence-corrected chi connectivity index (χ3v) is 7.35. The van der Waals surface area contributed by atoms with Crippen LogP contribution in [0.25, 0.3) is 16.9 Å². The van der Waals surface area contributed by atoms with Crippen molar-refractivity contribution in [3.05, 3.63) is 59.9 Å². The minimum Gasteiger partial charge on any atom is -0.385 e.